The van der Waals surface area contributed by atoms with E-state index in [2.05, 4.69) is 34.6 Å². The van der Waals surface area contributed by atoms with Gasteiger partial charge in [0.2, 0.25) is 0 Å². The average molecular weight is 200 g/mol. The van der Waals surface area contributed by atoms with Gasteiger partial charge >= 0.3 is 0 Å². The maximum atomic E-state index is 2.42. The van der Waals surface area contributed by atoms with Crippen LogP contribution in [0.1, 0.15) is 75.2 Å². The Morgan fingerprint density at radius 3 is 1.43 bits per heavy atom. The Hall–Kier alpha value is 0. The van der Waals surface area contributed by atoms with Crippen LogP contribution in [0.3, 0.4) is 0 Å². The van der Waals surface area contributed by atoms with E-state index in [0.29, 0.717) is 10.8 Å². The van der Waals surface area contributed by atoms with Crippen molar-refractivity contribution < 1.29 is 0 Å². The lowest BCUT2D eigenvalue weighted by Crippen LogP contribution is -2.51. The Bertz CT molecular complexity index is 132. The lowest BCUT2D eigenvalue weighted by molar-refractivity contribution is -0.100. The molecule has 0 amide bonds. The zero-order valence-corrected chi connectivity index (χ0v) is 12.0. The molecule has 0 radical (unpaired) electrons. The van der Waals surface area contributed by atoms with Crippen molar-refractivity contribution in [2.45, 2.75) is 75.2 Å². The molecule has 1 aliphatic carbocycles. The van der Waals surface area contributed by atoms with E-state index in [1.165, 1.54) is 12.8 Å². The first-order chi connectivity index (χ1) is 6.44. The van der Waals surface area contributed by atoms with Crippen LogP contribution in [0.15, 0.2) is 0 Å². The predicted octanol–water partition coefficient (Wildman–Crippen LogP) is 5.52. The van der Waals surface area contributed by atoms with E-state index in [4.69, 9.17) is 0 Å². The molecule has 0 saturated heterocycles. The lowest BCUT2D eigenvalue weighted by Gasteiger charge is -2.59. The minimum absolute atomic E-state index is 0.585. The van der Waals surface area contributed by atoms with Crippen molar-refractivity contribution >= 4 is 0 Å². The van der Waals surface area contributed by atoms with Gasteiger partial charge in [-0.1, -0.05) is 68.7 Å². The summed E-state index contributed by atoms with van der Waals surface area (Å²) in [7, 11) is 0. The summed E-state index contributed by atoms with van der Waals surface area (Å²) in [6.07, 6.45) is 2.76. The van der Waals surface area contributed by atoms with Crippen LogP contribution in [0.25, 0.3) is 0 Å². The molecule has 1 fully saturated rings. The third-order valence-corrected chi connectivity index (χ3v) is 4.32. The van der Waals surface area contributed by atoms with Gasteiger partial charge in [0, 0.05) is 0 Å². The van der Waals surface area contributed by atoms with Crippen molar-refractivity contribution in [3.8, 4) is 0 Å². The maximum Gasteiger partial charge on any atom is -0.0272 e. The molecule has 88 valence electrons. The maximum absolute atomic E-state index is 2.42. The van der Waals surface area contributed by atoms with E-state index in [9.17, 15) is 0 Å². The van der Waals surface area contributed by atoms with Gasteiger partial charge in [-0.3, -0.25) is 0 Å². The van der Waals surface area contributed by atoms with Crippen LogP contribution in [0.4, 0.5) is 0 Å². The van der Waals surface area contributed by atoms with Crippen LogP contribution in [0, 0.1) is 16.7 Å². The smallest absolute Gasteiger partial charge is 0.0272 e. The van der Waals surface area contributed by atoms with Gasteiger partial charge in [0.05, 0.1) is 0 Å². The van der Waals surface area contributed by atoms with E-state index in [-0.39, 0.29) is 0 Å². The molecule has 1 aliphatic rings. The highest BCUT2D eigenvalue weighted by Crippen LogP contribution is 2.61. The first-order valence-corrected chi connectivity index (χ1v) is 6.44. The highest BCUT2D eigenvalue weighted by molar-refractivity contribution is 5.02. The van der Waals surface area contributed by atoms with Gasteiger partial charge in [0.15, 0.2) is 0 Å². The van der Waals surface area contributed by atoms with Gasteiger partial charge in [-0.05, 0) is 23.2 Å². The Balaban J connectivity index is 0. The van der Waals surface area contributed by atoms with Crippen LogP contribution < -0.4 is 0 Å². The van der Waals surface area contributed by atoms with Crippen LogP contribution in [-0.4, -0.2) is 0 Å². The first kappa shape index (κ1) is 16.4. The molecule has 0 spiro atoms. The molecule has 2 atom stereocenters. The molecular formula is C14H32. The van der Waals surface area contributed by atoms with Gasteiger partial charge in [0.25, 0.3) is 0 Å². The molecule has 0 bridgehead atoms. The van der Waals surface area contributed by atoms with E-state index in [1.807, 2.05) is 27.7 Å². The van der Waals surface area contributed by atoms with Crippen LogP contribution in [0.2, 0.25) is 0 Å². The minimum Gasteiger partial charge on any atom is -0.0683 e. The molecule has 1 rings (SSSR count). The molecule has 2 unspecified atom stereocenters. The summed E-state index contributed by atoms with van der Waals surface area (Å²) >= 11 is 0. The molecule has 1 saturated carbocycles. The summed E-state index contributed by atoms with van der Waals surface area (Å²) in [6.45, 7) is 19.9. The van der Waals surface area contributed by atoms with Crippen molar-refractivity contribution in [3.63, 3.8) is 0 Å². The van der Waals surface area contributed by atoms with Gasteiger partial charge < -0.3 is 0 Å². The fraction of sp³-hybridized carbons (Fsp3) is 1.00. The third kappa shape index (κ3) is 2.74. The van der Waals surface area contributed by atoms with Gasteiger partial charge in [0.1, 0.15) is 0 Å². The highest BCUT2D eigenvalue weighted by Gasteiger charge is 2.52. The molecular weight excluding hydrogens is 168 g/mol. The fourth-order valence-corrected chi connectivity index (χ4v) is 2.26. The normalized spacial score (nSPS) is 32.8. The third-order valence-electron chi connectivity index (χ3n) is 4.32. The van der Waals surface area contributed by atoms with Crippen LogP contribution in [-0.2, 0) is 0 Å². The molecule has 0 aromatic heterocycles. The van der Waals surface area contributed by atoms with E-state index in [1.54, 1.807) is 0 Å². The summed E-state index contributed by atoms with van der Waals surface area (Å²) in [4.78, 5) is 0. The lowest BCUT2D eigenvalue weighted by atomic mass is 9.45. The molecule has 0 aliphatic heterocycles. The van der Waals surface area contributed by atoms with Crippen molar-refractivity contribution in [1.82, 2.24) is 0 Å². The van der Waals surface area contributed by atoms with Gasteiger partial charge in [-0.15, -0.1) is 0 Å². The van der Waals surface area contributed by atoms with E-state index < -0.39 is 0 Å². The Kier molecular flexibility index (Phi) is 7.60. The Morgan fingerprint density at radius 1 is 1.00 bits per heavy atom. The van der Waals surface area contributed by atoms with E-state index in [0.717, 1.165) is 5.92 Å². The molecule has 0 heterocycles. The van der Waals surface area contributed by atoms with Crippen molar-refractivity contribution in [2.24, 2.45) is 16.7 Å². The molecule has 0 aromatic carbocycles. The van der Waals surface area contributed by atoms with Crippen LogP contribution >= 0.6 is 0 Å². The standard InChI is InChI=1S/C10H20.2C2H6/c1-6-10(5)7-8(2)9(10,3)4;2*1-2/h8H,6-7H2,1-5H3;2*1-2H3. The second-order valence-corrected chi connectivity index (χ2v) is 4.74. The summed E-state index contributed by atoms with van der Waals surface area (Å²) < 4.78 is 0. The number of hydrogen-bond acceptors (Lipinski definition) is 0. The molecule has 0 aromatic rings. The SMILES string of the molecule is CC.CC.CCC1(C)CC(C)C1(C)C. The minimum atomic E-state index is 0.585. The zero-order chi connectivity index (χ0) is 12.0. The fourth-order valence-electron chi connectivity index (χ4n) is 2.26. The second kappa shape index (κ2) is 6.48. The Labute approximate surface area is 92.5 Å². The first-order valence-electron chi connectivity index (χ1n) is 6.44. The Morgan fingerprint density at radius 2 is 1.36 bits per heavy atom. The average Bonchev–Trinajstić information content (AvgIpc) is 2.23. The van der Waals surface area contributed by atoms with Crippen LogP contribution in [0.5, 0.6) is 0 Å². The largest absolute Gasteiger partial charge is 0.0683 e. The molecule has 0 nitrogen and oxygen atoms in total. The number of rotatable bonds is 1. The zero-order valence-electron chi connectivity index (χ0n) is 12.0. The highest BCUT2D eigenvalue weighted by atomic mass is 14.6. The summed E-state index contributed by atoms with van der Waals surface area (Å²) in [5.74, 6) is 0.928. The molecule has 0 N–H and O–H groups in total. The van der Waals surface area contributed by atoms with Crippen molar-refractivity contribution in [1.29, 1.82) is 0 Å². The molecule has 14 heavy (non-hydrogen) atoms. The van der Waals surface area contributed by atoms with Crippen molar-refractivity contribution in [3.05, 3.63) is 0 Å². The van der Waals surface area contributed by atoms with Gasteiger partial charge in [-0.25, -0.2) is 0 Å². The summed E-state index contributed by atoms with van der Waals surface area (Å²) in [5, 5.41) is 0. The monoisotopic (exact) mass is 200 g/mol. The van der Waals surface area contributed by atoms with Crippen molar-refractivity contribution in [2.75, 3.05) is 0 Å². The second-order valence-electron chi connectivity index (χ2n) is 4.74. The summed E-state index contributed by atoms with van der Waals surface area (Å²) in [5.41, 5.74) is 1.22. The van der Waals surface area contributed by atoms with E-state index >= 15 is 0 Å². The topological polar surface area (TPSA) is 0 Å². The summed E-state index contributed by atoms with van der Waals surface area (Å²) in [6, 6.07) is 0. The predicted molar refractivity (Wildman–Crippen MR) is 68.7 cm³/mol. The molecule has 0 heteroatoms. The quantitative estimate of drug-likeness (QED) is 0.523. The number of hydrogen-bond donors (Lipinski definition) is 0. The van der Waals surface area contributed by atoms with Gasteiger partial charge in [-0.2, -0.15) is 0 Å².